The smallest absolute Gasteiger partial charge is 0.112 e. The maximum atomic E-state index is 9.31. The molecule has 0 unspecified atom stereocenters. The average Bonchev–Trinajstić information content (AvgIpc) is 2.76. The third-order valence-electron chi connectivity index (χ3n) is 3.21. The molecule has 1 N–H and O–H groups in total. The lowest BCUT2D eigenvalue weighted by atomic mass is 10.1. The summed E-state index contributed by atoms with van der Waals surface area (Å²) in [6.45, 7) is 8.25. The van der Waals surface area contributed by atoms with E-state index < -0.39 is 0 Å². The van der Waals surface area contributed by atoms with E-state index in [0.717, 1.165) is 11.4 Å². The molecule has 0 spiro atoms. The third kappa shape index (κ3) is 2.16. The number of rotatable bonds is 3. The van der Waals surface area contributed by atoms with Crippen LogP contribution in [0.25, 0.3) is 5.69 Å². The molecule has 96 valence electrons. The zero-order valence-corrected chi connectivity index (χ0v) is 11.3. The minimum atomic E-state index is -0.0711. The van der Waals surface area contributed by atoms with Gasteiger partial charge in [0.1, 0.15) is 5.69 Å². The van der Waals surface area contributed by atoms with Gasteiger partial charge in [-0.15, -0.1) is 5.10 Å². The molecule has 0 saturated heterocycles. The van der Waals surface area contributed by atoms with Crippen LogP contribution in [0.4, 0.5) is 0 Å². The zero-order chi connectivity index (χ0) is 13.3. The summed E-state index contributed by atoms with van der Waals surface area (Å²) in [5.74, 6) is 0.267. The molecule has 0 amide bonds. The van der Waals surface area contributed by atoms with E-state index in [0.29, 0.717) is 5.69 Å². The maximum Gasteiger partial charge on any atom is 0.112 e. The Balaban J connectivity index is 2.56. The van der Waals surface area contributed by atoms with Crippen molar-refractivity contribution in [2.45, 2.75) is 40.2 Å². The summed E-state index contributed by atoms with van der Waals surface area (Å²) in [5.41, 5.74) is 5.11. The van der Waals surface area contributed by atoms with Crippen LogP contribution in [-0.4, -0.2) is 20.1 Å². The normalized spacial score (nSPS) is 11.2. The summed E-state index contributed by atoms with van der Waals surface area (Å²) in [6.07, 6.45) is 0. The van der Waals surface area contributed by atoms with E-state index in [-0.39, 0.29) is 12.5 Å². The fourth-order valence-electron chi connectivity index (χ4n) is 2.06. The molecule has 2 rings (SSSR count). The number of aliphatic hydroxyl groups is 1. The average molecular weight is 245 g/mol. The summed E-state index contributed by atoms with van der Waals surface area (Å²) < 4.78 is 1.82. The predicted octanol–water partition coefficient (Wildman–Crippen LogP) is 2.50. The van der Waals surface area contributed by atoms with Crippen LogP contribution in [0, 0.1) is 13.8 Å². The number of aryl methyl sites for hydroxylation is 2. The van der Waals surface area contributed by atoms with Crippen LogP contribution in [-0.2, 0) is 6.61 Å². The number of hydrogen-bond donors (Lipinski definition) is 1. The SMILES string of the molecule is Cc1ccc(-n2nnc(CO)c2C(C)C)cc1C. The summed E-state index contributed by atoms with van der Waals surface area (Å²) in [7, 11) is 0. The van der Waals surface area contributed by atoms with Crippen molar-refractivity contribution in [1.82, 2.24) is 15.0 Å². The van der Waals surface area contributed by atoms with Gasteiger partial charge in [0.25, 0.3) is 0 Å². The lowest BCUT2D eigenvalue weighted by molar-refractivity contribution is 0.275. The number of aromatic nitrogens is 3. The van der Waals surface area contributed by atoms with Crippen LogP contribution in [0.3, 0.4) is 0 Å². The highest BCUT2D eigenvalue weighted by Crippen LogP contribution is 2.22. The standard InChI is InChI=1S/C14H19N3O/c1-9(2)14-13(8-18)15-16-17(14)12-6-5-10(3)11(4)7-12/h5-7,9,18H,8H2,1-4H3. The molecule has 1 aromatic heterocycles. The van der Waals surface area contributed by atoms with Crippen molar-refractivity contribution in [2.75, 3.05) is 0 Å². The topological polar surface area (TPSA) is 50.9 Å². The largest absolute Gasteiger partial charge is 0.390 e. The van der Waals surface area contributed by atoms with Crippen LogP contribution < -0.4 is 0 Å². The van der Waals surface area contributed by atoms with Crippen molar-refractivity contribution in [3.63, 3.8) is 0 Å². The first-order valence-corrected chi connectivity index (χ1v) is 6.17. The van der Waals surface area contributed by atoms with E-state index in [1.165, 1.54) is 11.1 Å². The quantitative estimate of drug-likeness (QED) is 0.904. The molecule has 0 aliphatic heterocycles. The summed E-state index contributed by atoms with van der Waals surface area (Å²) >= 11 is 0. The van der Waals surface area contributed by atoms with Crippen LogP contribution in [0.5, 0.6) is 0 Å². The van der Waals surface area contributed by atoms with Gasteiger partial charge in [-0.2, -0.15) is 0 Å². The zero-order valence-electron chi connectivity index (χ0n) is 11.3. The molecular weight excluding hydrogens is 226 g/mol. The van der Waals surface area contributed by atoms with E-state index in [2.05, 4.69) is 50.1 Å². The van der Waals surface area contributed by atoms with Gasteiger partial charge in [-0.3, -0.25) is 0 Å². The van der Waals surface area contributed by atoms with Crippen LogP contribution in [0.1, 0.15) is 42.3 Å². The molecule has 0 radical (unpaired) electrons. The molecule has 2 aromatic rings. The van der Waals surface area contributed by atoms with Crippen molar-refractivity contribution in [3.8, 4) is 5.69 Å². The van der Waals surface area contributed by atoms with Crippen molar-refractivity contribution in [2.24, 2.45) is 0 Å². The minimum Gasteiger partial charge on any atom is -0.390 e. The van der Waals surface area contributed by atoms with Gasteiger partial charge in [-0.25, -0.2) is 4.68 Å². The highest BCUT2D eigenvalue weighted by Gasteiger charge is 2.16. The van der Waals surface area contributed by atoms with Crippen molar-refractivity contribution in [3.05, 3.63) is 40.7 Å². The molecule has 4 heteroatoms. The number of hydrogen-bond acceptors (Lipinski definition) is 3. The second kappa shape index (κ2) is 4.90. The fraction of sp³-hybridized carbons (Fsp3) is 0.429. The summed E-state index contributed by atoms with van der Waals surface area (Å²) in [6, 6.07) is 6.20. The molecule has 1 aromatic carbocycles. The molecule has 0 aliphatic rings. The van der Waals surface area contributed by atoms with E-state index in [9.17, 15) is 5.11 Å². The van der Waals surface area contributed by atoms with Gasteiger partial charge in [0.15, 0.2) is 0 Å². The first-order chi connectivity index (χ1) is 8.54. The molecule has 0 aliphatic carbocycles. The van der Waals surface area contributed by atoms with E-state index in [4.69, 9.17) is 0 Å². The Morgan fingerprint density at radius 3 is 2.50 bits per heavy atom. The minimum absolute atomic E-state index is 0.0711. The van der Waals surface area contributed by atoms with Gasteiger partial charge in [0.2, 0.25) is 0 Å². The van der Waals surface area contributed by atoms with E-state index >= 15 is 0 Å². The third-order valence-corrected chi connectivity index (χ3v) is 3.21. The van der Waals surface area contributed by atoms with Gasteiger partial charge in [-0.1, -0.05) is 25.1 Å². The lowest BCUT2D eigenvalue weighted by Gasteiger charge is -2.11. The molecule has 1 heterocycles. The van der Waals surface area contributed by atoms with Crippen molar-refractivity contribution < 1.29 is 5.11 Å². The molecule has 0 bridgehead atoms. The van der Waals surface area contributed by atoms with Crippen LogP contribution in [0.2, 0.25) is 0 Å². The Kier molecular flexibility index (Phi) is 3.48. The van der Waals surface area contributed by atoms with Crippen LogP contribution in [0.15, 0.2) is 18.2 Å². The fourth-order valence-corrected chi connectivity index (χ4v) is 2.06. The van der Waals surface area contributed by atoms with E-state index in [1.54, 1.807) is 0 Å². The molecule has 0 atom stereocenters. The molecule has 18 heavy (non-hydrogen) atoms. The Hall–Kier alpha value is -1.68. The van der Waals surface area contributed by atoms with Gasteiger partial charge in [0, 0.05) is 0 Å². The van der Waals surface area contributed by atoms with Gasteiger partial charge in [0.05, 0.1) is 18.0 Å². The van der Waals surface area contributed by atoms with Gasteiger partial charge < -0.3 is 5.11 Å². The van der Waals surface area contributed by atoms with Crippen molar-refractivity contribution >= 4 is 0 Å². The molecule has 4 nitrogen and oxygen atoms in total. The first kappa shape index (κ1) is 12.8. The Morgan fingerprint density at radius 1 is 1.22 bits per heavy atom. The van der Waals surface area contributed by atoms with Gasteiger partial charge >= 0.3 is 0 Å². The summed E-state index contributed by atoms with van der Waals surface area (Å²) in [5, 5.41) is 17.5. The first-order valence-electron chi connectivity index (χ1n) is 6.17. The lowest BCUT2D eigenvalue weighted by Crippen LogP contribution is -2.06. The number of benzene rings is 1. The highest BCUT2D eigenvalue weighted by molar-refractivity contribution is 5.40. The highest BCUT2D eigenvalue weighted by atomic mass is 16.3. The second-order valence-electron chi connectivity index (χ2n) is 4.91. The Bertz CT molecular complexity index is 558. The van der Waals surface area contributed by atoms with Gasteiger partial charge in [-0.05, 0) is 43.0 Å². The Labute approximate surface area is 107 Å². The maximum absolute atomic E-state index is 9.31. The number of aliphatic hydroxyl groups excluding tert-OH is 1. The monoisotopic (exact) mass is 245 g/mol. The second-order valence-corrected chi connectivity index (χ2v) is 4.91. The molecular formula is C14H19N3O. The molecule has 0 fully saturated rings. The summed E-state index contributed by atoms with van der Waals surface area (Å²) in [4.78, 5) is 0. The van der Waals surface area contributed by atoms with E-state index in [1.807, 2.05) is 10.7 Å². The molecule has 0 saturated carbocycles. The Morgan fingerprint density at radius 2 is 1.94 bits per heavy atom. The number of nitrogens with zero attached hydrogens (tertiary/aromatic N) is 3. The predicted molar refractivity (Wildman–Crippen MR) is 70.8 cm³/mol. The van der Waals surface area contributed by atoms with Crippen LogP contribution >= 0.6 is 0 Å². The van der Waals surface area contributed by atoms with Crippen molar-refractivity contribution in [1.29, 1.82) is 0 Å².